The fraction of sp³-hybridized carbons (Fsp3) is 0. The first-order valence-electron chi connectivity index (χ1n) is 6.93. The van der Waals surface area contributed by atoms with Crippen LogP contribution >= 0.6 is 0 Å². The fourth-order valence-electron chi connectivity index (χ4n) is 2.50. The third-order valence-electron chi connectivity index (χ3n) is 3.60. The summed E-state index contributed by atoms with van der Waals surface area (Å²) in [6.07, 6.45) is 3.33. The van der Waals surface area contributed by atoms with Gasteiger partial charge in [-0.25, -0.2) is 4.98 Å². The summed E-state index contributed by atoms with van der Waals surface area (Å²) in [7, 11) is 0. The molecule has 22 heavy (non-hydrogen) atoms. The second-order valence-corrected chi connectivity index (χ2v) is 5.02. The Labute approximate surface area is 126 Å². The zero-order valence-electron chi connectivity index (χ0n) is 11.6. The van der Waals surface area contributed by atoms with Crippen LogP contribution in [0.2, 0.25) is 0 Å². The van der Waals surface area contributed by atoms with Crippen LogP contribution in [0.4, 0.5) is 0 Å². The number of hydrogen-bond acceptors (Lipinski definition) is 3. The first-order valence-corrected chi connectivity index (χ1v) is 6.93. The molecule has 4 rings (SSSR count). The molecule has 0 spiro atoms. The molecule has 4 nitrogen and oxygen atoms in total. The summed E-state index contributed by atoms with van der Waals surface area (Å²) in [5.41, 5.74) is 3.43. The Bertz CT molecular complexity index is 1000. The first kappa shape index (κ1) is 12.6. The van der Waals surface area contributed by atoms with Gasteiger partial charge in [-0.3, -0.25) is 4.79 Å². The van der Waals surface area contributed by atoms with Gasteiger partial charge in [-0.2, -0.15) is 0 Å². The standard InChI is InChI=1S/C18H12N2O2/c21-18-15-6-1-2-7-16(15)19-17(20-18)13-5-3-4-12(10-13)14-8-9-22-11-14/h1-11H,(H,19,20,21). The monoisotopic (exact) mass is 288 g/mol. The Morgan fingerprint density at radius 3 is 2.64 bits per heavy atom. The second kappa shape index (κ2) is 5.00. The highest BCUT2D eigenvalue weighted by atomic mass is 16.3. The van der Waals surface area contributed by atoms with Gasteiger partial charge < -0.3 is 9.40 Å². The number of hydrogen-bond donors (Lipinski definition) is 1. The topological polar surface area (TPSA) is 58.9 Å². The van der Waals surface area contributed by atoms with Gasteiger partial charge in [-0.05, 0) is 29.8 Å². The lowest BCUT2D eigenvalue weighted by molar-refractivity contribution is 0.568. The molecule has 0 saturated heterocycles. The first-order chi connectivity index (χ1) is 10.8. The molecule has 106 valence electrons. The molecule has 1 N–H and O–H groups in total. The van der Waals surface area contributed by atoms with Gasteiger partial charge in [0, 0.05) is 11.1 Å². The van der Waals surface area contributed by atoms with Crippen molar-refractivity contribution in [3.8, 4) is 22.5 Å². The minimum atomic E-state index is -0.130. The van der Waals surface area contributed by atoms with Gasteiger partial charge >= 0.3 is 0 Å². The van der Waals surface area contributed by atoms with Crippen molar-refractivity contribution in [3.63, 3.8) is 0 Å². The molecule has 0 aliphatic rings. The van der Waals surface area contributed by atoms with Gasteiger partial charge in [0.05, 0.1) is 23.4 Å². The van der Waals surface area contributed by atoms with Crippen LogP contribution in [0.15, 0.2) is 76.3 Å². The zero-order chi connectivity index (χ0) is 14.9. The van der Waals surface area contributed by atoms with E-state index in [1.807, 2.05) is 48.5 Å². The summed E-state index contributed by atoms with van der Waals surface area (Å²) in [6.45, 7) is 0. The number of aromatic nitrogens is 2. The third kappa shape index (κ3) is 2.11. The number of furan rings is 1. The number of fused-ring (bicyclic) bond motifs is 1. The maximum atomic E-state index is 12.2. The molecule has 0 radical (unpaired) electrons. The Balaban J connectivity index is 1.89. The minimum absolute atomic E-state index is 0.130. The lowest BCUT2D eigenvalue weighted by atomic mass is 10.1. The van der Waals surface area contributed by atoms with Crippen LogP contribution in [-0.2, 0) is 0 Å². The van der Waals surface area contributed by atoms with Gasteiger partial charge in [0.1, 0.15) is 5.82 Å². The molecule has 2 heterocycles. The average Bonchev–Trinajstić information content (AvgIpc) is 3.09. The van der Waals surface area contributed by atoms with E-state index in [9.17, 15) is 4.79 Å². The maximum Gasteiger partial charge on any atom is 0.259 e. The summed E-state index contributed by atoms with van der Waals surface area (Å²) < 4.78 is 5.12. The van der Waals surface area contributed by atoms with Crippen molar-refractivity contribution in [2.45, 2.75) is 0 Å². The van der Waals surface area contributed by atoms with Crippen molar-refractivity contribution in [1.82, 2.24) is 9.97 Å². The summed E-state index contributed by atoms with van der Waals surface area (Å²) in [5, 5.41) is 0.595. The number of benzene rings is 2. The highest BCUT2D eigenvalue weighted by molar-refractivity contribution is 5.80. The molecule has 0 fully saturated rings. The largest absolute Gasteiger partial charge is 0.472 e. The molecule has 2 aromatic heterocycles. The Morgan fingerprint density at radius 2 is 1.77 bits per heavy atom. The number of aromatic amines is 1. The van der Waals surface area contributed by atoms with Crippen LogP contribution in [0.5, 0.6) is 0 Å². The predicted octanol–water partition coefficient (Wildman–Crippen LogP) is 3.85. The number of para-hydroxylation sites is 1. The molecule has 0 atom stereocenters. The molecule has 0 unspecified atom stereocenters. The smallest absolute Gasteiger partial charge is 0.259 e. The van der Waals surface area contributed by atoms with Gasteiger partial charge in [-0.1, -0.05) is 30.3 Å². The fourth-order valence-corrected chi connectivity index (χ4v) is 2.50. The molecule has 0 amide bonds. The molecule has 0 aliphatic carbocycles. The summed E-state index contributed by atoms with van der Waals surface area (Å²) in [5.74, 6) is 0.564. The van der Waals surface area contributed by atoms with Crippen molar-refractivity contribution in [3.05, 3.63) is 77.5 Å². The number of nitrogens with one attached hydrogen (secondary N) is 1. The number of rotatable bonds is 2. The van der Waals surface area contributed by atoms with Crippen molar-refractivity contribution in [2.24, 2.45) is 0 Å². The van der Waals surface area contributed by atoms with E-state index in [4.69, 9.17) is 4.42 Å². The van der Waals surface area contributed by atoms with E-state index >= 15 is 0 Å². The molecule has 4 heteroatoms. The van der Waals surface area contributed by atoms with E-state index in [0.717, 1.165) is 16.7 Å². The Kier molecular flexibility index (Phi) is 2.86. The van der Waals surface area contributed by atoms with E-state index in [2.05, 4.69) is 9.97 Å². The molecule has 0 aliphatic heterocycles. The Hall–Kier alpha value is -3.14. The van der Waals surface area contributed by atoms with Crippen LogP contribution in [0, 0.1) is 0 Å². The van der Waals surface area contributed by atoms with Crippen LogP contribution in [-0.4, -0.2) is 9.97 Å². The highest BCUT2D eigenvalue weighted by Crippen LogP contribution is 2.25. The van der Waals surface area contributed by atoms with E-state index < -0.39 is 0 Å². The van der Waals surface area contributed by atoms with E-state index in [1.54, 1.807) is 18.6 Å². The molecule has 4 aromatic rings. The van der Waals surface area contributed by atoms with Crippen LogP contribution in [0.1, 0.15) is 0 Å². The zero-order valence-corrected chi connectivity index (χ0v) is 11.6. The van der Waals surface area contributed by atoms with Crippen LogP contribution in [0.25, 0.3) is 33.4 Å². The number of H-pyrrole nitrogens is 1. The minimum Gasteiger partial charge on any atom is -0.472 e. The van der Waals surface area contributed by atoms with Crippen LogP contribution in [0.3, 0.4) is 0 Å². The van der Waals surface area contributed by atoms with Crippen molar-refractivity contribution < 1.29 is 4.42 Å². The molecular formula is C18H12N2O2. The quantitative estimate of drug-likeness (QED) is 0.609. The lowest BCUT2D eigenvalue weighted by Gasteiger charge is -2.05. The molecule has 0 bridgehead atoms. The second-order valence-electron chi connectivity index (χ2n) is 5.02. The normalized spacial score (nSPS) is 10.9. The van der Waals surface area contributed by atoms with Gasteiger partial charge in [0.2, 0.25) is 0 Å². The average molecular weight is 288 g/mol. The molecule has 0 saturated carbocycles. The predicted molar refractivity (Wildman–Crippen MR) is 85.5 cm³/mol. The summed E-state index contributed by atoms with van der Waals surface area (Å²) in [4.78, 5) is 19.6. The highest BCUT2D eigenvalue weighted by Gasteiger charge is 2.07. The molecular weight excluding hydrogens is 276 g/mol. The Morgan fingerprint density at radius 1 is 0.909 bits per heavy atom. The summed E-state index contributed by atoms with van der Waals surface area (Å²) >= 11 is 0. The lowest BCUT2D eigenvalue weighted by Crippen LogP contribution is -2.09. The van der Waals surface area contributed by atoms with Gasteiger partial charge in [0.15, 0.2) is 0 Å². The van der Waals surface area contributed by atoms with Crippen molar-refractivity contribution in [2.75, 3.05) is 0 Å². The van der Waals surface area contributed by atoms with Crippen molar-refractivity contribution >= 4 is 10.9 Å². The van der Waals surface area contributed by atoms with E-state index in [1.165, 1.54) is 0 Å². The summed E-state index contributed by atoms with van der Waals surface area (Å²) in [6, 6.07) is 17.1. The number of nitrogens with zero attached hydrogens (tertiary/aromatic N) is 1. The maximum absolute atomic E-state index is 12.2. The third-order valence-corrected chi connectivity index (χ3v) is 3.60. The van der Waals surface area contributed by atoms with Crippen molar-refractivity contribution in [1.29, 1.82) is 0 Å². The van der Waals surface area contributed by atoms with E-state index in [0.29, 0.717) is 16.7 Å². The van der Waals surface area contributed by atoms with Gasteiger partial charge in [-0.15, -0.1) is 0 Å². The molecule has 2 aromatic carbocycles. The SMILES string of the molecule is O=c1[nH]c(-c2cccc(-c3ccoc3)c2)nc2ccccc12. The van der Waals surface area contributed by atoms with Gasteiger partial charge in [0.25, 0.3) is 5.56 Å². The van der Waals surface area contributed by atoms with E-state index in [-0.39, 0.29) is 5.56 Å². The van der Waals surface area contributed by atoms with Crippen LogP contribution < -0.4 is 5.56 Å².